The quantitative estimate of drug-likeness (QED) is 0.517. The summed E-state index contributed by atoms with van der Waals surface area (Å²) in [5, 5.41) is 2.35. The lowest BCUT2D eigenvalue weighted by Gasteiger charge is -2.30. The lowest BCUT2D eigenvalue weighted by molar-refractivity contribution is 0.415. The highest BCUT2D eigenvalue weighted by atomic mass is 32.1. The normalized spacial score (nSPS) is 13.9. The minimum absolute atomic E-state index is 0.913. The van der Waals surface area contributed by atoms with Crippen LogP contribution in [-0.2, 0) is 20.0 Å². The Morgan fingerprint density at radius 2 is 2.00 bits per heavy atom. The number of hydrogen-bond acceptors (Lipinski definition) is 5. The van der Waals surface area contributed by atoms with E-state index in [9.17, 15) is 0 Å². The Bertz CT molecular complexity index is 1190. The van der Waals surface area contributed by atoms with Crippen LogP contribution in [0.2, 0.25) is 0 Å². The van der Waals surface area contributed by atoms with Crippen molar-refractivity contribution in [2.24, 2.45) is 7.05 Å². The molecule has 1 aliphatic rings. The molecule has 0 N–H and O–H groups in total. The highest BCUT2D eigenvalue weighted by Crippen LogP contribution is 2.36. The van der Waals surface area contributed by atoms with Gasteiger partial charge in [0.1, 0.15) is 5.75 Å². The average molecular weight is 393 g/mol. The van der Waals surface area contributed by atoms with Crippen LogP contribution in [0, 0.1) is 0 Å². The number of benzene rings is 2. The van der Waals surface area contributed by atoms with E-state index in [1.54, 1.807) is 18.4 Å². The third-order valence-electron chi connectivity index (χ3n) is 5.72. The summed E-state index contributed by atoms with van der Waals surface area (Å²) < 4.78 is 9.05. The summed E-state index contributed by atoms with van der Waals surface area (Å²) in [6.45, 7) is 1.93. The van der Waals surface area contributed by atoms with Gasteiger partial charge in [-0.1, -0.05) is 11.3 Å². The van der Waals surface area contributed by atoms with Crippen LogP contribution in [0.25, 0.3) is 21.1 Å². The average Bonchev–Trinajstić information content (AvgIpc) is 3.27. The lowest BCUT2D eigenvalue weighted by atomic mass is 10.0. The molecule has 0 saturated carbocycles. The number of fused-ring (bicyclic) bond motifs is 4. The van der Waals surface area contributed by atoms with Gasteiger partial charge in [-0.2, -0.15) is 0 Å². The Morgan fingerprint density at radius 1 is 1.14 bits per heavy atom. The van der Waals surface area contributed by atoms with Gasteiger partial charge in [-0.05, 0) is 36.4 Å². The van der Waals surface area contributed by atoms with Crippen molar-refractivity contribution in [3.63, 3.8) is 0 Å². The second-order valence-electron chi connectivity index (χ2n) is 7.58. The molecule has 6 heteroatoms. The van der Waals surface area contributed by atoms with Crippen molar-refractivity contribution in [2.75, 3.05) is 37.5 Å². The maximum atomic E-state index is 5.47. The number of rotatable bonds is 3. The number of aryl methyl sites for hydroxylation is 1. The smallest absolute Gasteiger partial charge is 0.185 e. The zero-order valence-electron chi connectivity index (χ0n) is 16.7. The Morgan fingerprint density at radius 3 is 2.79 bits per heavy atom. The molecule has 0 radical (unpaired) electrons. The Labute approximate surface area is 168 Å². The maximum absolute atomic E-state index is 5.47. The molecule has 5 nitrogen and oxygen atoms in total. The van der Waals surface area contributed by atoms with Gasteiger partial charge in [0, 0.05) is 68.5 Å². The van der Waals surface area contributed by atoms with Crippen LogP contribution in [0.3, 0.4) is 0 Å². The van der Waals surface area contributed by atoms with Crippen molar-refractivity contribution in [3.05, 3.63) is 47.7 Å². The minimum Gasteiger partial charge on any atom is -0.497 e. The standard InChI is InChI=1S/C22H24N4OS/c1-24(2)22-23-18-11-14(5-8-21(18)28-22)26-10-9-20-17(13-26)16-12-15(27-4)6-7-19(16)25(20)3/h5-8,11-12H,9-10,13H2,1-4H3. The molecule has 3 heterocycles. The van der Waals surface area contributed by atoms with E-state index in [0.717, 1.165) is 35.9 Å². The highest BCUT2D eigenvalue weighted by molar-refractivity contribution is 7.22. The maximum Gasteiger partial charge on any atom is 0.185 e. The summed E-state index contributed by atoms with van der Waals surface area (Å²) in [5.74, 6) is 0.915. The monoisotopic (exact) mass is 392 g/mol. The van der Waals surface area contributed by atoms with Crippen LogP contribution in [0.5, 0.6) is 5.75 Å². The van der Waals surface area contributed by atoms with E-state index in [-0.39, 0.29) is 0 Å². The Hall–Kier alpha value is -2.73. The number of thiazole rings is 1. The molecule has 2 aromatic carbocycles. The summed E-state index contributed by atoms with van der Waals surface area (Å²) in [7, 11) is 7.99. The van der Waals surface area contributed by atoms with Crippen molar-refractivity contribution < 1.29 is 4.74 Å². The summed E-state index contributed by atoms with van der Waals surface area (Å²) in [6.07, 6.45) is 1.04. The fraction of sp³-hybridized carbons (Fsp3) is 0.318. The van der Waals surface area contributed by atoms with E-state index >= 15 is 0 Å². The molecule has 0 bridgehead atoms. The molecule has 1 aliphatic heterocycles. The zero-order chi connectivity index (χ0) is 19.4. The van der Waals surface area contributed by atoms with Crippen LogP contribution in [-0.4, -0.2) is 37.3 Å². The topological polar surface area (TPSA) is 33.5 Å². The van der Waals surface area contributed by atoms with Gasteiger partial charge >= 0.3 is 0 Å². The zero-order valence-corrected chi connectivity index (χ0v) is 17.5. The van der Waals surface area contributed by atoms with Gasteiger partial charge < -0.3 is 19.1 Å². The van der Waals surface area contributed by atoms with E-state index in [0.29, 0.717) is 0 Å². The van der Waals surface area contributed by atoms with Crippen LogP contribution in [0.1, 0.15) is 11.3 Å². The van der Waals surface area contributed by atoms with Crippen LogP contribution in [0.4, 0.5) is 10.8 Å². The van der Waals surface area contributed by atoms with Gasteiger partial charge in [-0.3, -0.25) is 0 Å². The summed E-state index contributed by atoms with van der Waals surface area (Å²) in [4.78, 5) is 9.32. The van der Waals surface area contributed by atoms with E-state index in [1.807, 2.05) is 20.2 Å². The van der Waals surface area contributed by atoms with E-state index in [1.165, 1.54) is 32.5 Å². The molecule has 2 aromatic heterocycles. The molecule has 28 heavy (non-hydrogen) atoms. The van der Waals surface area contributed by atoms with Gasteiger partial charge in [-0.25, -0.2) is 4.98 Å². The molecule has 0 saturated heterocycles. The van der Waals surface area contributed by atoms with E-state index in [2.05, 4.69) is 51.7 Å². The first kappa shape index (κ1) is 17.4. The summed E-state index contributed by atoms with van der Waals surface area (Å²) >= 11 is 1.74. The first-order valence-electron chi connectivity index (χ1n) is 9.52. The molecule has 0 spiro atoms. The largest absolute Gasteiger partial charge is 0.497 e. The minimum atomic E-state index is 0.913. The van der Waals surface area contributed by atoms with Gasteiger partial charge in [0.05, 0.1) is 17.3 Å². The van der Waals surface area contributed by atoms with Gasteiger partial charge in [0.25, 0.3) is 0 Å². The first-order chi connectivity index (χ1) is 13.5. The number of nitrogens with zero attached hydrogens (tertiary/aromatic N) is 4. The fourth-order valence-corrected chi connectivity index (χ4v) is 5.07. The Balaban J connectivity index is 1.54. The fourth-order valence-electron chi connectivity index (χ4n) is 4.20. The van der Waals surface area contributed by atoms with Crippen LogP contribution < -0.4 is 14.5 Å². The molecule has 5 rings (SSSR count). The van der Waals surface area contributed by atoms with Crippen LogP contribution >= 0.6 is 11.3 Å². The second kappa shape index (κ2) is 6.41. The molecular formula is C22H24N4OS. The number of ether oxygens (including phenoxy) is 1. The first-order valence-corrected chi connectivity index (χ1v) is 10.3. The van der Waals surface area contributed by atoms with Crippen molar-refractivity contribution >= 4 is 43.3 Å². The number of hydrogen-bond donors (Lipinski definition) is 0. The lowest BCUT2D eigenvalue weighted by Crippen LogP contribution is -2.30. The molecular weight excluding hydrogens is 368 g/mol. The Kier molecular flexibility index (Phi) is 3.98. The predicted octanol–water partition coefficient (Wildman–Crippen LogP) is 4.43. The molecule has 0 fully saturated rings. The molecule has 0 amide bonds. The van der Waals surface area contributed by atoms with Crippen molar-refractivity contribution in [1.82, 2.24) is 9.55 Å². The summed E-state index contributed by atoms with van der Waals surface area (Å²) in [6, 6.07) is 13.1. The SMILES string of the molecule is COc1ccc2c(c1)c1c(n2C)CCN(c2ccc3sc(N(C)C)nc3c2)C1. The molecule has 144 valence electrons. The van der Waals surface area contributed by atoms with E-state index in [4.69, 9.17) is 9.72 Å². The third kappa shape index (κ3) is 2.63. The number of methoxy groups -OCH3 is 1. The third-order valence-corrected chi connectivity index (χ3v) is 6.92. The van der Waals surface area contributed by atoms with Crippen LogP contribution in [0.15, 0.2) is 36.4 Å². The molecule has 0 aliphatic carbocycles. The number of aromatic nitrogens is 2. The van der Waals surface area contributed by atoms with Crippen molar-refractivity contribution in [3.8, 4) is 5.75 Å². The molecule has 0 unspecified atom stereocenters. The van der Waals surface area contributed by atoms with Crippen molar-refractivity contribution in [1.29, 1.82) is 0 Å². The van der Waals surface area contributed by atoms with Crippen molar-refractivity contribution in [2.45, 2.75) is 13.0 Å². The van der Waals surface area contributed by atoms with E-state index < -0.39 is 0 Å². The van der Waals surface area contributed by atoms with Gasteiger partial charge in [0.15, 0.2) is 5.13 Å². The van der Waals surface area contributed by atoms with Gasteiger partial charge in [-0.15, -0.1) is 0 Å². The molecule has 0 atom stereocenters. The predicted molar refractivity (Wildman–Crippen MR) is 118 cm³/mol. The highest BCUT2D eigenvalue weighted by Gasteiger charge is 2.23. The second-order valence-corrected chi connectivity index (χ2v) is 8.59. The number of anilines is 2. The van der Waals surface area contributed by atoms with Gasteiger partial charge in [0.2, 0.25) is 0 Å². The summed E-state index contributed by atoms with van der Waals surface area (Å²) in [5.41, 5.74) is 6.45. The molecule has 4 aromatic rings.